The van der Waals surface area contributed by atoms with E-state index in [-0.39, 0.29) is 24.7 Å². The number of aromatic nitrogens is 2. The van der Waals surface area contributed by atoms with Crippen LogP contribution >= 0.6 is 0 Å². The first-order valence-electron chi connectivity index (χ1n) is 11.3. The minimum absolute atomic E-state index is 0.0752. The quantitative estimate of drug-likeness (QED) is 0.370. The van der Waals surface area contributed by atoms with Crippen molar-refractivity contribution in [3.63, 3.8) is 0 Å². The van der Waals surface area contributed by atoms with E-state index in [1.54, 1.807) is 23.1 Å². The Kier molecular flexibility index (Phi) is 10.4. The summed E-state index contributed by atoms with van der Waals surface area (Å²) in [5.74, 6) is -1.41. The summed E-state index contributed by atoms with van der Waals surface area (Å²) in [6, 6.07) is 5.25. The number of benzene rings is 1. The lowest BCUT2D eigenvalue weighted by Gasteiger charge is -2.31. The lowest BCUT2D eigenvalue weighted by molar-refractivity contribution is 0.00977. The van der Waals surface area contributed by atoms with Gasteiger partial charge in [-0.15, -0.1) is 0 Å². The topological polar surface area (TPSA) is 50.1 Å². The second kappa shape index (κ2) is 12.8. The van der Waals surface area contributed by atoms with Gasteiger partial charge in [-0.1, -0.05) is 64.4 Å². The predicted octanol–water partition coefficient (Wildman–Crippen LogP) is 5.56. The summed E-state index contributed by atoms with van der Waals surface area (Å²) >= 11 is 0. The molecule has 0 bridgehead atoms. The standard InChI is InChI=1S/C24H37F2N3O/c1-3-4-5-6-7-8-9-10-12-20(2)27-18-24(30,19-29-16-11-15-28-29)22-14-13-21(25)17-23(22)26/h11,13-17,20,27,30H,3-10,12,18-19H2,1-2H3. The molecular weight excluding hydrogens is 384 g/mol. The van der Waals surface area contributed by atoms with Crippen molar-refractivity contribution in [1.29, 1.82) is 0 Å². The first kappa shape index (κ1) is 24.5. The van der Waals surface area contributed by atoms with Gasteiger partial charge < -0.3 is 10.4 Å². The fourth-order valence-electron chi connectivity index (χ4n) is 3.79. The van der Waals surface area contributed by atoms with Crippen LogP contribution in [-0.2, 0) is 12.1 Å². The molecule has 2 rings (SSSR count). The molecule has 2 aromatic rings. The summed E-state index contributed by atoms with van der Waals surface area (Å²) < 4.78 is 29.4. The van der Waals surface area contributed by atoms with Crippen molar-refractivity contribution in [3.8, 4) is 0 Å². The van der Waals surface area contributed by atoms with Crippen LogP contribution in [0, 0.1) is 11.6 Å². The number of unbranched alkanes of at least 4 members (excludes halogenated alkanes) is 7. The third-order valence-electron chi connectivity index (χ3n) is 5.65. The minimum Gasteiger partial charge on any atom is -0.382 e. The molecule has 0 aliphatic rings. The summed E-state index contributed by atoms with van der Waals surface area (Å²) in [5.41, 5.74) is -1.46. The van der Waals surface area contributed by atoms with E-state index >= 15 is 0 Å². The molecule has 30 heavy (non-hydrogen) atoms. The molecule has 2 unspecified atom stereocenters. The van der Waals surface area contributed by atoms with Gasteiger partial charge in [0, 0.05) is 36.6 Å². The number of rotatable bonds is 15. The van der Waals surface area contributed by atoms with E-state index in [0.29, 0.717) is 0 Å². The number of aliphatic hydroxyl groups is 1. The number of nitrogens with zero attached hydrogens (tertiary/aromatic N) is 2. The molecule has 0 saturated carbocycles. The molecule has 0 radical (unpaired) electrons. The van der Waals surface area contributed by atoms with E-state index < -0.39 is 17.2 Å². The Labute approximate surface area is 179 Å². The van der Waals surface area contributed by atoms with Crippen LogP contribution in [0.3, 0.4) is 0 Å². The zero-order chi connectivity index (χ0) is 21.8. The second-order valence-corrected chi connectivity index (χ2v) is 8.40. The van der Waals surface area contributed by atoms with Gasteiger partial charge in [0.15, 0.2) is 0 Å². The Morgan fingerprint density at radius 1 is 1.10 bits per heavy atom. The molecule has 0 aliphatic heterocycles. The molecule has 0 spiro atoms. The number of nitrogens with one attached hydrogen (secondary N) is 1. The highest BCUT2D eigenvalue weighted by atomic mass is 19.1. The van der Waals surface area contributed by atoms with Crippen molar-refractivity contribution in [2.45, 2.75) is 89.8 Å². The van der Waals surface area contributed by atoms with Gasteiger partial charge in [-0.3, -0.25) is 4.68 Å². The zero-order valence-electron chi connectivity index (χ0n) is 18.4. The summed E-state index contributed by atoms with van der Waals surface area (Å²) in [5, 5.41) is 18.8. The average Bonchev–Trinajstić information content (AvgIpc) is 3.21. The Morgan fingerprint density at radius 3 is 2.43 bits per heavy atom. The monoisotopic (exact) mass is 421 g/mol. The van der Waals surface area contributed by atoms with Crippen LogP contribution in [0.15, 0.2) is 36.7 Å². The van der Waals surface area contributed by atoms with Gasteiger partial charge in [0.05, 0.1) is 6.54 Å². The van der Waals surface area contributed by atoms with Crippen LogP contribution in [0.1, 0.15) is 77.2 Å². The lowest BCUT2D eigenvalue weighted by atomic mass is 9.92. The lowest BCUT2D eigenvalue weighted by Crippen LogP contribution is -2.45. The van der Waals surface area contributed by atoms with E-state index in [1.807, 2.05) is 0 Å². The molecule has 4 nitrogen and oxygen atoms in total. The van der Waals surface area contributed by atoms with E-state index in [9.17, 15) is 13.9 Å². The van der Waals surface area contributed by atoms with Gasteiger partial charge in [-0.05, 0) is 25.5 Å². The van der Waals surface area contributed by atoms with Crippen molar-refractivity contribution in [3.05, 3.63) is 53.9 Å². The molecule has 1 aromatic carbocycles. The van der Waals surface area contributed by atoms with Crippen LogP contribution in [0.4, 0.5) is 8.78 Å². The SMILES string of the molecule is CCCCCCCCCCC(C)NCC(O)(Cn1cccn1)c1ccc(F)cc1F. The molecule has 0 fully saturated rings. The van der Waals surface area contributed by atoms with Crippen molar-refractivity contribution in [2.24, 2.45) is 0 Å². The van der Waals surface area contributed by atoms with Crippen LogP contribution in [0.5, 0.6) is 0 Å². The Balaban J connectivity index is 1.85. The van der Waals surface area contributed by atoms with Gasteiger partial charge in [0.1, 0.15) is 17.2 Å². The summed E-state index contributed by atoms with van der Waals surface area (Å²) in [4.78, 5) is 0. The second-order valence-electron chi connectivity index (χ2n) is 8.40. The maximum atomic E-state index is 14.4. The highest BCUT2D eigenvalue weighted by Gasteiger charge is 2.33. The third-order valence-corrected chi connectivity index (χ3v) is 5.65. The molecular formula is C24H37F2N3O. The van der Waals surface area contributed by atoms with Crippen LogP contribution in [0.25, 0.3) is 0 Å². The Bertz CT molecular complexity index is 723. The van der Waals surface area contributed by atoms with Gasteiger partial charge >= 0.3 is 0 Å². The summed E-state index contributed by atoms with van der Waals surface area (Å²) in [6.45, 7) is 4.55. The molecule has 2 atom stereocenters. The normalized spacial score (nSPS) is 14.6. The van der Waals surface area contributed by atoms with Crippen LogP contribution in [-0.4, -0.2) is 27.5 Å². The molecule has 0 aliphatic carbocycles. The van der Waals surface area contributed by atoms with Gasteiger partial charge in [-0.25, -0.2) is 8.78 Å². The van der Waals surface area contributed by atoms with Crippen LogP contribution in [0.2, 0.25) is 0 Å². The third kappa shape index (κ3) is 8.15. The average molecular weight is 422 g/mol. The smallest absolute Gasteiger partial charge is 0.132 e. The molecule has 0 amide bonds. The Hall–Kier alpha value is -1.79. The van der Waals surface area contributed by atoms with E-state index in [1.165, 1.54) is 57.1 Å². The molecule has 0 saturated heterocycles. The van der Waals surface area contributed by atoms with Crippen molar-refractivity contribution in [2.75, 3.05) is 6.54 Å². The molecule has 1 heterocycles. The first-order chi connectivity index (χ1) is 14.4. The number of halogens is 2. The van der Waals surface area contributed by atoms with E-state index in [2.05, 4.69) is 24.3 Å². The van der Waals surface area contributed by atoms with Crippen LogP contribution < -0.4 is 5.32 Å². The maximum Gasteiger partial charge on any atom is 0.132 e. The van der Waals surface area contributed by atoms with E-state index in [4.69, 9.17) is 0 Å². The molecule has 2 N–H and O–H groups in total. The van der Waals surface area contributed by atoms with Gasteiger partial charge in [0.2, 0.25) is 0 Å². The predicted molar refractivity (Wildman–Crippen MR) is 117 cm³/mol. The summed E-state index contributed by atoms with van der Waals surface area (Å²) in [6.07, 6.45) is 14.5. The first-order valence-corrected chi connectivity index (χ1v) is 11.3. The number of hydrogen-bond donors (Lipinski definition) is 2. The van der Waals surface area contributed by atoms with E-state index in [0.717, 1.165) is 18.9 Å². The highest BCUT2D eigenvalue weighted by Crippen LogP contribution is 2.26. The maximum absolute atomic E-state index is 14.4. The van der Waals surface area contributed by atoms with Gasteiger partial charge in [0.25, 0.3) is 0 Å². The zero-order valence-corrected chi connectivity index (χ0v) is 18.4. The molecule has 1 aromatic heterocycles. The number of hydrogen-bond acceptors (Lipinski definition) is 3. The fourth-order valence-corrected chi connectivity index (χ4v) is 3.79. The molecule has 168 valence electrons. The Morgan fingerprint density at radius 2 is 1.80 bits per heavy atom. The fraction of sp³-hybridized carbons (Fsp3) is 0.625. The summed E-state index contributed by atoms with van der Waals surface area (Å²) in [7, 11) is 0. The van der Waals surface area contributed by atoms with Crippen molar-refractivity contribution >= 4 is 0 Å². The highest BCUT2D eigenvalue weighted by molar-refractivity contribution is 5.25. The molecule has 6 heteroatoms. The van der Waals surface area contributed by atoms with Crippen molar-refractivity contribution in [1.82, 2.24) is 15.1 Å². The largest absolute Gasteiger partial charge is 0.382 e. The van der Waals surface area contributed by atoms with Crippen molar-refractivity contribution < 1.29 is 13.9 Å². The van der Waals surface area contributed by atoms with Gasteiger partial charge in [-0.2, -0.15) is 5.10 Å². The minimum atomic E-state index is -1.53.